The lowest BCUT2D eigenvalue weighted by Gasteiger charge is -2.32. The minimum absolute atomic E-state index is 0.0630. The van der Waals surface area contributed by atoms with Gasteiger partial charge in [0.25, 0.3) is 0 Å². The molecule has 1 aromatic rings. The molecular formula is C20H32N2O5. The molecule has 1 amide bonds. The van der Waals surface area contributed by atoms with E-state index < -0.39 is 12.0 Å². The zero-order valence-electron chi connectivity index (χ0n) is 16.1. The van der Waals surface area contributed by atoms with Crippen LogP contribution in [0.1, 0.15) is 44.6 Å². The molecule has 0 bridgehead atoms. The predicted molar refractivity (Wildman–Crippen MR) is 101 cm³/mol. The van der Waals surface area contributed by atoms with E-state index in [9.17, 15) is 9.90 Å². The Balaban J connectivity index is 2.02. The van der Waals surface area contributed by atoms with Gasteiger partial charge in [0.2, 0.25) is 5.91 Å². The maximum atomic E-state index is 13.0. The van der Waals surface area contributed by atoms with Crippen LogP contribution in [0.15, 0.2) is 24.3 Å². The summed E-state index contributed by atoms with van der Waals surface area (Å²) < 4.78 is 5.67. The molecule has 152 valence electrons. The molecule has 7 nitrogen and oxygen atoms in total. The van der Waals surface area contributed by atoms with Crippen molar-refractivity contribution in [3.05, 3.63) is 29.8 Å². The fraction of sp³-hybridized carbons (Fsp3) is 0.650. The van der Waals surface area contributed by atoms with Crippen LogP contribution < -0.4 is 10.4 Å². The minimum atomic E-state index is -1.01. The summed E-state index contributed by atoms with van der Waals surface area (Å²) in [5.41, 5.74) is 2.51. The number of nitrogens with zero attached hydrogens (tertiary/aromatic N) is 1. The number of nitrogens with one attached hydrogen (secondary N) is 1. The zero-order chi connectivity index (χ0) is 19.5. The smallest absolute Gasteiger partial charge is 0.228 e. The van der Waals surface area contributed by atoms with Crippen LogP contribution in [0.3, 0.4) is 0 Å². The molecule has 1 aromatic carbocycles. The van der Waals surface area contributed by atoms with Gasteiger partial charge >= 0.3 is 0 Å². The summed E-state index contributed by atoms with van der Waals surface area (Å²) >= 11 is 0. The number of carbonyl (C=O) groups excluding carboxylic acids is 1. The molecule has 27 heavy (non-hydrogen) atoms. The summed E-state index contributed by atoms with van der Waals surface area (Å²) in [6.07, 6.45) is 4.61. The first-order valence-electron chi connectivity index (χ1n) is 9.85. The third kappa shape index (κ3) is 7.10. The van der Waals surface area contributed by atoms with Crippen molar-refractivity contribution in [2.75, 3.05) is 26.3 Å². The van der Waals surface area contributed by atoms with Gasteiger partial charge in [0.1, 0.15) is 5.75 Å². The van der Waals surface area contributed by atoms with Gasteiger partial charge in [-0.2, -0.15) is 0 Å². The van der Waals surface area contributed by atoms with Crippen molar-refractivity contribution < 1.29 is 24.7 Å². The number of piperidine rings is 1. The highest BCUT2D eigenvalue weighted by molar-refractivity contribution is 5.80. The monoisotopic (exact) mass is 380 g/mol. The number of hydrogen-bond acceptors (Lipinski definition) is 6. The van der Waals surface area contributed by atoms with Crippen LogP contribution in [0.2, 0.25) is 0 Å². The van der Waals surface area contributed by atoms with E-state index in [4.69, 9.17) is 14.8 Å². The molecule has 1 aliphatic heterocycles. The highest BCUT2D eigenvalue weighted by Crippen LogP contribution is 2.21. The average Bonchev–Trinajstić information content (AvgIpc) is 2.71. The Hall–Kier alpha value is -1.67. The maximum Gasteiger partial charge on any atom is 0.228 e. The third-order valence-electron chi connectivity index (χ3n) is 4.91. The van der Waals surface area contributed by atoms with Crippen molar-refractivity contribution in [2.24, 2.45) is 5.92 Å². The molecular weight excluding hydrogens is 348 g/mol. The summed E-state index contributed by atoms with van der Waals surface area (Å²) in [6, 6.07) is 7.64. The number of rotatable bonds is 11. The summed E-state index contributed by atoms with van der Waals surface area (Å²) in [5, 5.41) is 19.1. The molecule has 0 radical (unpaired) electrons. The third-order valence-corrected chi connectivity index (χ3v) is 4.91. The standard InChI is InChI=1S/C20H32N2O5/c1-2-3-13-26-17-9-7-16(8-10-17)14-18(19(23)15-27-21-25)20(24)22-11-5-4-6-12-22/h7-10,18-19,21,23,25H,2-6,11-15H2,1H3/t18-,19-/m1/s1. The number of benzene rings is 1. The topological polar surface area (TPSA) is 91.3 Å². The predicted octanol–water partition coefficient (Wildman–Crippen LogP) is 2.31. The van der Waals surface area contributed by atoms with Gasteiger partial charge in [-0.1, -0.05) is 31.1 Å². The Bertz CT molecular complexity index is 546. The quantitative estimate of drug-likeness (QED) is 0.403. The van der Waals surface area contributed by atoms with Gasteiger partial charge in [-0.25, -0.2) is 0 Å². The van der Waals surface area contributed by atoms with E-state index in [0.29, 0.717) is 13.0 Å². The van der Waals surface area contributed by atoms with Crippen molar-refractivity contribution in [3.63, 3.8) is 0 Å². The molecule has 0 unspecified atom stereocenters. The van der Waals surface area contributed by atoms with Crippen molar-refractivity contribution in [2.45, 2.75) is 51.6 Å². The van der Waals surface area contributed by atoms with Gasteiger partial charge < -0.3 is 14.7 Å². The fourth-order valence-corrected chi connectivity index (χ4v) is 3.29. The second-order valence-corrected chi connectivity index (χ2v) is 7.01. The highest BCUT2D eigenvalue weighted by atomic mass is 16.8. The Labute approximate surface area is 161 Å². The molecule has 0 spiro atoms. The second-order valence-electron chi connectivity index (χ2n) is 7.01. The van der Waals surface area contributed by atoms with Crippen LogP contribution in [-0.4, -0.2) is 53.5 Å². The molecule has 0 aliphatic carbocycles. The summed E-state index contributed by atoms with van der Waals surface area (Å²) in [6.45, 7) is 4.10. The first-order valence-corrected chi connectivity index (χ1v) is 9.85. The number of hydrogen-bond donors (Lipinski definition) is 3. The van der Waals surface area contributed by atoms with Crippen molar-refractivity contribution >= 4 is 5.91 Å². The number of aliphatic hydroxyl groups excluding tert-OH is 1. The molecule has 0 saturated carbocycles. The number of carbonyl (C=O) groups is 1. The van der Waals surface area contributed by atoms with Crippen LogP contribution in [0.25, 0.3) is 0 Å². The lowest BCUT2D eigenvalue weighted by Crippen LogP contribution is -2.45. The first-order chi connectivity index (χ1) is 13.2. The molecule has 2 atom stereocenters. The molecule has 3 N–H and O–H groups in total. The molecule has 1 heterocycles. The lowest BCUT2D eigenvalue weighted by atomic mass is 9.92. The van der Waals surface area contributed by atoms with Crippen LogP contribution in [0.5, 0.6) is 5.75 Å². The number of ether oxygens (including phenoxy) is 1. The molecule has 1 aliphatic rings. The van der Waals surface area contributed by atoms with E-state index in [0.717, 1.165) is 56.5 Å². The normalized spacial score (nSPS) is 16.8. The minimum Gasteiger partial charge on any atom is -0.494 e. The van der Waals surface area contributed by atoms with Crippen LogP contribution in [0.4, 0.5) is 0 Å². The number of unbranched alkanes of at least 4 members (excludes halogenated alkanes) is 1. The SMILES string of the molecule is CCCCOc1ccc(C[C@@H](C(=O)N2CCCCC2)[C@H](O)CONO)cc1. The first kappa shape index (κ1) is 21.6. The molecule has 1 fully saturated rings. The lowest BCUT2D eigenvalue weighted by molar-refractivity contribution is -0.162. The zero-order valence-corrected chi connectivity index (χ0v) is 16.1. The number of likely N-dealkylation sites (tertiary alicyclic amines) is 1. The van der Waals surface area contributed by atoms with E-state index in [1.165, 1.54) is 0 Å². The average molecular weight is 380 g/mol. The van der Waals surface area contributed by atoms with Crippen LogP contribution in [-0.2, 0) is 16.1 Å². The highest BCUT2D eigenvalue weighted by Gasteiger charge is 2.31. The maximum absolute atomic E-state index is 13.0. The van der Waals surface area contributed by atoms with Gasteiger partial charge in [-0.05, 0) is 49.8 Å². The van der Waals surface area contributed by atoms with Crippen molar-refractivity contribution in [1.82, 2.24) is 10.5 Å². The van der Waals surface area contributed by atoms with Crippen LogP contribution in [0, 0.1) is 5.92 Å². The van der Waals surface area contributed by atoms with Gasteiger partial charge in [-0.3, -0.25) is 14.8 Å². The van der Waals surface area contributed by atoms with Gasteiger partial charge in [0, 0.05) is 13.1 Å². The summed E-state index contributed by atoms with van der Waals surface area (Å²) in [7, 11) is 0. The van der Waals surface area contributed by atoms with Gasteiger partial charge in [0.05, 0.1) is 25.2 Å². The Morgan fingerprint density at radius 3 is 2.56 bits per heavy atom. The summed E-state index contributed by atoms with van der Waals surface area (Å²) in [4.78, 5) is 19.5. The van der Waals surface area contributed by atoms with E-state index in [2.05, 4.69) is 6.92 Å². The molecule has 1 saturated heterocycles. The fourth-order valence-electron chi connectivity index (χ4n) is 3.29. The van der Waals surface area contributed by atoms with Gasteiger partial charge in [-0.15, -0.1) is 0 Å². The summed E-state index contributed by atoms with van der Waals surface area (Å²) in [5.74, 6) is 0.120. The van der Waals surface area contributed by atoms with E-state index >= 15 is 0 Å². The Morgan fingerprint density at radius 2 is 1.93 bits per heavy atom. The van der Waals surface area contributed by atoms with Crippen molar-refractivity contribution in [3.8, 4) is 5.75 Å². The Kier molecular flexibility index (Phi) is 9.55. The molecule has 7 heteroatoms. The number of aliphatic hydroxyl groups is 1. The number of amides is 1. The Morgan fingerprint density at radius 1 is 1.22 bits per heavy atom. The van der Waals surface area contributed by atoms with E-state index in [1.807, 2.05) is 29.2 Å². The molecule has 2 rings (SSSR count). The van der Waals surface area contributed by atoms with Crippen LogP contribution >= 0.6 is 0 Å². The van der Waals surface area contributed by atoms with E-state index in [1.54, 1.807) is 5.64 Å². The second kappa shape index (κ2) is 11.9. The van der Waals surface area contributed by atoms with Gasteiger partial charge in [0.15, 0.2) is 0 Å². The molecule has 0 aromatic heterocycles. The van der Waals surface area contributed by atoms with E-state index in [-0.39, 0.29) is 12.5 Å². The van der Waals surface area contributed by atoms with Crippen molar-refractivity contribution in [1.29, 1.82) is 0 Å². The largest absolute Gasteiger partial charge is 0.494 e.